The number of carbonyl (C=O) groups is 1. The van der Waals surface area contributed by atoms with Gasteiger partial charge in [-0.3, -0.25) is 9.48 Å². The Morgan fingerprint density at radius 1 is 1.50 bits per heavy atom. The van der Waals surface area contributed by atoms with Crippen molar-refractivity contribution in [3.8, 4) is 0 Å². The zero-order valence-electron chi connectivity index (χ0n) is 12.1. The quantitative estimate of drug-likeness (QED) is 0.862. The number of amides is 1. The molecule has 0 spiro atoms. The van der Waals surface area contributed by atoms with Crippen molar-refractivity contribution in [1.82, 2.24) is 20.4 Å². The first kappa shape index (κ1) is 13.6. The molecule has 0 aromatic carbocycles. The lowest BCUT2D eigenvalue weighted by Crippen LogP contribution is -2.43. The lowest BCUT2D eigenvalue weighted by atomic mass is 9.85. The molecular formula is C15H24N4O. The Morgan fingerprint density at radius 3 is 3.10 bits per heavy atom. The minimum Gasteiger partial charge on any atom is -0.354 e. The van der Waals surface area contributed by atoms with Crippen LogP contribution in [0.25, 0.3) is 0 Å². The van der Waals surface area contributed by atoms with E-state index in [-0.39, 0.29) is 11.9 Å². The number of nitrogens with zero attached hydrogens (tertiary/aromatic N) is 2. The molecule has 0 bridgehead atoms. The molecule has 3 atom stereocenters. The van der Waals surface area contributed by atoms with Gasteiger partial charge in [0.1, 0.15) is 0 Å². The largest absolute Gasteiger partial charge is 0.354 e. The summed E-state index contributed by atoms with van der Waals surface area (Å²) in [4.78, 5) is 12.2. The van der Waals surface area contributed by atoms with E-state index in [2.05, 4.69) is 15.7 Å². The van der Waals surface area contributed by atoms with Crippen LogP contribution in [0.5, 0.6) is 0 Å². The normalized spacial score (nSPS) is 29.1. The first-order chi connectivity index (χ1) is 9.72. The molecule has 1 aromatic heterocycles. The second-order valence-corrected chi connectivity index (χ2v) is 6.17. The van der Waals surface area contributed by atoms with Crippen LogP contribution in [-0.4, -0.2) is 34.3 Å². The molecule has 3 unspecified atom stereocenters. The van der Waals surface area contributed by atoms with Crippen LogP contribution in [0.3, 0.4) is 0 Å². The lowest BCUT2D eigenvalue weighted by molar-refractivity contribution is -0.122. The Labute approximate surface area is 120 Å². The van der Waals surface area contributed by atoms with Crippen LogP contribution in [0.2, 0.25) is 0 Å². The fourth-order valence-electron chi connectivity index (χ4n) is 3.58. The van der Waals surface area contributed by atoms with Gasteiger partial charge in [-0.15, -0.1) is 0 Å². The van der Waals surface area contributed by atoms with Crippen molar-refractivity contribution in [3.05, 3.63) is 18.0 Å². The molecule has 1 saturated heterocycles. The van der Waals surface area contributed by atoms with Crippen molar-refractivity contribution < 1.29 is 4.79 Å². The molecule has 5 nitrogen and oxygen atoms in total. The first-order valence-electron chi connectivity index (χ1n) is 7.73. The number of hydrogen-bond acceptors (Lipinski definition) is 3. The van der Waals surface area contributed by atoms with Crippen molar-refractivity contribution in [2.24, 2.45) is 13.0 Å². The molecule has 20 heavy (non-hydrogen) atoms. The third-order valence-corrected chi connectivity index (χ3v) is 4.65. The molecular weight excluding hydrogens is 252 g/mol. The number of rotatable bonds is 4. The van der Waals surface area contributed by atoms with E-state index in [1.165, 1.54) is 31.2 Å². The second-order valence-electron chi connectivity index (χ2n) is 6.17. The average Bonchev–Trinajstić information content (AvgIpc) is 3.04. The molecule has 2 N–H and O–H groups in total. The highest BCUT2D eigenvalue weighted by Crippen LogP contribution is 2.33. The van der Waals surface area contributed by atoms with Crippen molar-refractivity contribution in [3.63, 3.8) is 0 Å². The molecule has 110 valence electrons. The van der Waals surface area contributed by atoms with Gasteiger partial charge in [-0.25, -0.2) is 0 Å². The summed E-state index contributed by atoms with van der Waals surface area (Å²) in [6, 6.07) is 0.606. The van der Waals surface area contributed by atoms with Gasteiger partial charge in [0.15, 0.2) is 0 Å². The summed E-state index contributed by atoms with van der Waals surface area (Å²) in [6.07, 6.45) is 10.9. The van der Waals surface area contributed by atoms with E-state index >= 15 is 0 Å². The molecule has 1 aliphatic heterocycles. The van der Waals surface area contributed by atoms with Crippen LogP contribution in [0.4, 0.5) is 0 Å². The maximum absolute atomic E-state index is 12.2. The molecule has 1 aromatic rings. The van der Waals surface area contributed by atoms with E-state index in [1.807, 2.05) is 19.4 Å². The SMILES string of the molecule is Cn1cc(CCNC(=O)C2CC3CCCCC3N2)cn1. The fourth-order valence-corrected chi connectivity index (χ4v) is 3.58. The standard InChI is InChI=1S/C15H24N4O/c1-19-10-11(9-17-19)6-7-16-15(20)14-8-12-4-2-3-5-13(12)18-14/h9-10,12-14,18H,2-8H2,1H3,(H,16,20). The number of aryl methyl sites for hydroxylation is 1. The van der Waals surface area contributed by atoms with E-state index in [1.54, 1.807) is 4.68 Å². The first-order valence-corrected chi connectivity index (χ1v) is 7.73. The summed E-state index contributed by atoms with van der Waals surface area (Å²) >= 11 is 0. The van der Waals surface area contributed by atoms with Crippen molar-refractivity contribution >= 4 is 5.91 Å². The summed E-state index contributed by atoms with van der Waals surface area (Å²) in [7, 11) is 1.91. The van der Waals surface area contributed by atoms with E-state index in [9.17, 15) is 4.79 Å². The third kappa shape index (κ3) is 3.03. The van der Waals surface area contributed by atoms with Crippen LogP contribution >= 0.6 is 0 Å². The Balaban J connectivity index is 1.43. The maximum Gasteiger partial charge on any atom is 0.237 e. The number of aromatic nitrogens is 2. The smallest absolute Gasteiger partial charge is 0.237 e. The van der Waals surface area contributed by atoms with Crippen LogP contribution in [0, 0.1) is 5.92 Å². The highest BCUT2D eigenvalue weighted by atomic mass is 16.2. The van der Waals surface area contributed by atoms with Gasteiger partial charge >= 0.3 is 0 Å². The molecule has 1 amide bonds. The average molecular weight is 276 g/mol. The number of fused-ring (bicyclic) bond motifs is 1. The molecule has 2 fully saturated rings. The van der Waals surface area contributed by atoms with E-state index in [0.717, 1.165) is 18.8 Å². The van der Waals surface area contributed by atoms with Gasteiger partial charge in [-0.05, 0) is 37.2 Å². The van der Waals surface area contributed by atoms with Crippen LogP contribution in [0.1, 0.15) is 37.7 Å². The van der Waals surface area contributed by atoms with Crippen molar-refractivity contribution in [1.29, 1.82) is 0 Å². The summed E-state index contributed by atoms with van der Waals surface area (Å²) in [5.41, 5.74) is 1.17. The zero-order chi connectivity index (χ0) is 13.9. The fraction of sp³-hybridized carbons (Fsp3) is 0.733. The molecule has 0 radical (unpaired) electrons. The van der Waals surface area contributed by atoms with Gasteiger partial charge in [0, 0.05) is 25.8 Å². The van der Waals surface area contributed by atoms with Crippen LogP contribution in [0.15, 0.2) is 12.4 Å². The molecule has 1 saturated carbocycles. The minimum atomic E-state index is 0.0250. The highest BCUT2D eigenvalue weighted by Gasteiger charge is 2.37. The minimum absolute atomic E-state index is 0.0250. The molecule has 5 heteroatoms. The second kappa shape index (κ2) is 5.95. The molecule has 1 aliphatic carbocycles. The summed E-state index contributed by atoms with van der Waals surface area (Å²) in [5.74, 6) is 0.890. The van der Waals surface area contributed by atoms with Gasteiger partial charge in [0.05, 0.1) is 12.2 Å². The van der Waals surface area contributed by atoms with E-state index < -0.39 is 0 Å². The number of carbonyl (C=O) groups excluding carboxylic acids is 1. The summed E-state index contributed by atoms with van der Waals surface area (Å²) < 4.78 is 1.79. The Kier molecular flexibility index (Phi) is 4.05. The summed E-state index contributed by atoms with van der Waals surface area (Å²) in [5, 5.41) is 10.7. The Bertz CT molecular complexity index is 456. The topological polar surface area (TPSA) is 59.0 Å². The highest BCUT2D eigenvalue weighted by molar-refractivity contribution is 5.82. The predicted octanol–water partition coefficient (Wildman–Crippen LogP) is 0.999. The van der Waals surface area contributed by atoms with E-state index in [4.69, 9.17) is 0 Å². The molecule has 2 aliphatic rings. The third-order valence-electron chi connectivity index (χ3n) is 4.65. The van der Waals surface area contributed by atoms with Crippen LogP contribution < -0.4 is 10.6 Å². The van der Waals surface area contributed by atoms with Gasteiger partial charge < -0.3 is 10.6 Å². The van der Waals surface area contributed by atoms with Gasteiger partial charge in [-0.2, -0.15) is 5.10 Å². The summed E-state index contributed by atoms with van der Waals surface area (Å²) in [6.45, 7) is 0.692. The predicted molar refractivity (Wildman–Crippen MR) is 77.2 cm³/mol. The van der Waals surface area contributed by atoms with Crippen molar-refractivity contribution in [2.75, 3.05) is 6.54 Å². The van der Waals surface area contributed by atoms with Gasteiger partial charge in [-0.1, -0.05) is 12.8 Å². The van der Waals surface area contributed by atoms with Gasteiger partial charge in [0.25, 0.3) is 0 Å². The Hall–Kier alpha value is -1.36. The maximum atomic E-state index is 12.2. The van der Waals surface area contributed by atoms with Crippen LogP contribution in [-0.2, 0) is 18.3 Å². The number of nitrogens with one attached hydrogen (secondary N) is 2. The lowest BCUT2D eigenvalue weighted by Gasteiger charge is -2.24. The zero-order valence-corrected chi connectivity index (χ0v) is 12.1. The Morgan fingerprint density at radius 2 is 2.35 bits per heavy atom. The molecule has 2 heterocycles. The van der Waals surface area contributed by atoms with Crippen molar-refractivity contribution in [2.45, 2.75) is 50.6 Å². The molecule has 3 rings (SSSR count). The monoisotopic (exact) mass is 276 g/mol. The van der Waals surface area contributed by atoms with Gasteiger partial charge in [0.2, 0.25) is 5.91 Å². The van der Waals surface area contributed by atoms with E-state index in [0.29, 0.717) is 12.6 Å². The number of hydrogen-bond donors (Lipinski definition) is 2.